The highest BCUT2D eigenvalue weighted by molar-refractivity contribution is 6.42. The van der Waals surface area contributed by atoms with Gasteiger partial charge in [-0.05, 0) is 48.7 Å². The molecular weight excluding hydrogens is 477 g/mol. The SMILES string of the molecule is CC(=O)N1CCN(c2ccc(N)c(C(=O)NC3(C(=O)NCc4ccc(Cl)c(Cl)c4)CC3)c2)CC1. The molecule has 2 aliphatic rings. The minimum Gasteiger partial charge on any atom is -0.398 e. The number of hydrogen-bond acceptors (Lipinski definition) is 5. The molecule has 1 aliphatic heterocycles. The molecule has 1 heterocycles. The predicted molar refractivity (Wildman–Crippen MR) is 133 cm³/mol. The molecule has 0 spiro atoms. The topological polar surface area (TPSA) is 108 Å². The van der Waals surface area contributed by atoms with Crippen molar-refractivity contribution in [3.8, 4) is 0 Å². The Hall–Kier alpha value is -2.97. The molecule has 3 amide bonds. The maximum absolute atomic E-state index is 13.1. The molecule has 4 N–H and O–H groups in total. The van der Waals surface area contributed by atoms with E-state index in [9.17, 15) is 14.4 Å². The number of nitrogen functional groups attached to an aromatic ring is 1. The van der Waals surface area contributed by atoms with Gasteiger partial charge in [0.15, 0.2) is 0 Å². The lowest BCUT2D eigenvalue weighted by Crippen LogP contribution is -2.49. The molecule has 4 rings (SSSR count). The number of hydrogen-bond donors (Lipinski definition) is 3. The number of benzene rings is 2. The van der Waals surface area contributed by atoms with Crippen LogP contribution in [-0.2, 0) is 16.1 Å². The van der Waals surface area contributed by atoms with Crippen molar-refractivity contribution in [1.82, 2.24) is 15.5 Å². The van der Waals surface area contributed by atoms with E-state index in [4.69, 9.17) is 28.9 Å². The molecule has 1 saturated carbocycles. The molecule has 0 bridgehead atoms. The van der Waals surface area contributed by atoms with Crippen molar-refractivity contribution in [1.29, 1.82) is 0 Å². The van der Waals surface area contributed by atoms with Gasteiger partial charge in [0.05, 0.1) is 15.6 Å². The fourth-order valence-corrected chi connectivity index (χ4v) is 4.36. The smallest absolute Gasteiger partial charge is 0.254 e. The van der Waals surface area contributed by atoms with Gasteiger partial charge in [-0.25, -0.2) is 0 Å². The molecule has 2 aromatic rings. The number of anilines is 2. The summed E-state index contributed by atoms with van der Waals surface area (Å²) in [4.78, 5) is 41.4. The quantitative estimate of drug-likeness (QED) is 0.525. The van der Waals surface area contributed by atoms with Crippen LogP contribution in [0, 0.1) is 0 Å². The number of carbonyl (C=O) groups is 3. The Labute approximate surface area is 208 Å². The lowest BCUT2D eigenvalue weighted by atomic mass is 10.1. The number of nitrogens with one attached hydrogen (secondary N) is 2. The number of nitrogens with zero attached hydrogens (tertiary/aromatic N) is 2. The average Bonchev–Trinajstić information content (AvgIpc) is 3.60. The van der Waals surface area contributed by atoms with E-state index in [0.29, 0.717) is 60.3 Å². The third-order valence-corrected chi connectivity index (χ3v) is 7.09. The molecule has 0 atom stereocenters. The van der Waals surface area contributed by atoms with E-state index in [1.165, 1.54) is 0 Å². The summed E-state index contributed by atoms with van der Waals surface area (Å²) in [5.74, 6) is -0.574. The highest BCUT2D eigenvalue weighted by Gasteiger charge is 2.51. The first-order valence-electron chi connectivity index (χ1n) is 11.1. The van der Waals surface area contributed by atoms with Gasteiger partial charge < -0.3 is 26.2 Å². The van der Waals surface area contributed by atoms with Crippen LogP contribution in [-0.4, -0.2) is 54.3 Å². The highest BCUT2D eigenvalue weighted by Crippen LogP contribution is 2.36. The lowest BCUT2D eigenvalue weighted by molar-refractivity contribution is -0.129. The molecule has 1 saturated heterocycles. The van der Waals surface area contributed by atoms with Crippen molar-refractivity contribution in [2.45, 2.75) is 31.8 Å². The Morgan fingerprint density at radius 2 is 1.71 bits per heavy atom. The van der Waals surface area contributed by atoms with Gasteiger partial charge in [0.2, 0.25) is 11.8 Å². The van der Waals surface area contributed by atoms with Gasteiger partial charge >= 0.3 is 0 Å². The lowest BCUT2D eigenvalue weighted by Gasteiger charge is -2.35. The maximum atomic E-state index is 13.1. The monoisotopic (exact) mass is 503 g/mol. The second-order valence-corrected chi connectivity index (χ2v) is 9.55. The zero-order valence-corrected chi connectivity index (χ0v) is 20.4. The summed E-state index contributed by atoms with van der Waals surface area (Å²) in [6.07, 6.45) is 1.11. The van der Waals surface area contributed by atoms with Crippen LogP contribution in [0.15, 0.2) is 36.4 Å². The molecule has 0 aromatic heterocycles. The van der Waals surface area contributed by atoms with Crippen LogP contribution in [0.5, 0.6) is 0 Å². The molecular formula is C24H27Cl2N5O3. The summed E-state index contributed by atoms with van der Waals surface area (Å²) in [6, 6.07) is 10.5. The van der Waals surface area contributed by atoms with Gasteiger partial charge in [0.25, 0.3) is 5.91 Å². The summed E-state index contributed by atoms with van der Waals surface area (Å²) in [6.45, 7) is 4.44. The van der Waals surface area contributed by atoms with Gasteiger partial charge in [-0.3, -0.25) is 14.4 Å². The second-order valence-electron chi connectivity index (χ2n) is 8.73. The molecule has 0 radical (unpaired) electrons. The standard InChI is InChI=1S/C24H27Cl2N5O3/c1-15(32)30-8-10-31(11-9-30)17-3-5-21(27)18(13-17)22(33)29-24(6-7-24)23(34)28-14-16-2-4-19(25)20(26)12-16/h2-5,12-13H,6-11,14,27H2,1H3,(H,28,34)(H,29,33). The van der Waals surface area contributed by atoms with E-state index in [2.05, 4.69) is 15.5 Å². The van der Waals surface area contributed by atoms with Gasteiger partial charge in [-0.2, -0.15) is 0 Å². The normalized spacial score (nSPS) is 16.7. The van der Waals surface area contributed by atoms with Gasteiger partial charge in [-0.1, -0.05) is 29.3 Å². The number of nitrogens with two attached hydrogens (primary N) is 1. The Bertz CT molecular complexity index is 1130. The van der Waals surface area contributed by atoms with Crippen LogP contribution in [0.2, 0.25) is 10.0 Å². The molecule has 2 aromatic carbocycles. The van der Waals surface area contributed by atoms with Crippen molar-refractivity contribution in [3.63, 3.8) is 0 Å². The van der Waals surface area contributed by atoms with Crippen molar-refractivity contribution < 1.29 is 14.4 Å². The average molecular weight is 504 g/mol. The van der Waals surface area contributed by atoms with Crippen molar-refractivity contribution in [2.75, 3.05) is 36.8 Å². The summed E-state index contributed by atoms with van der Waals surface area (Å²) in [5.41, 5.74) is 7.50. The van der Waals surface area contributed by atoms with E-state index in [0.717, 1.165) is 11.3 Å². The predicted octanol–water partition coefficient (Wildman–Crippen LogP) is 2.82. The Morgan fingerprint density at radius 3 is 2.32 bits per heavy atom. The number of halogens is 2. The first-order chi connectivity index (χ1) is 16.2. The minimum atomic E-state index is -0.942. The van der Waals surface area contributed by atoms with Crippen LogP contribution in [0.4, 0.5) is 11.4 Å². The Balaban J connectivity index is 1.39. The van der Waals surface area contributed by atoms with Crippen molar-refractivity contribution in [2.24, 2.45) is 0 Å². The van der Waals surface area contributed by atoms with Gasteiger partial charge in [-0.15, -0.1) is 0 Å². The third kappa shape index (κ3) is 5.23. The minimum absolute atomic E-state index is 0.0594. The third-order valence-electron chi connectivity index (χ3n) is 6.35. The zero-order valence-electron chi connectivity index (χ0n) is 18.9. The number of rotatable bonds is 6. The number of carbonyl (C=O) groups excluding carboxylic acids is 3. The van der Waals surface area contributed by atoms with Crippen LogP contribution in [0.1, 0.15) is 35.7 Å². The van der Waals surface area contributed by atoms with Crippen LogP contribution >= 0.6 is 23.2 Å². The van der Waals surface area contributed by atoms with Gasteiger partial charge in [0, 0.05) is 51.0 Å². The van der Waals surface area contributed by atoms with E-state index < -0.39 is 5.54 Å². The summed E-state index contributed by atoms with van der Waals surface area (Å²) in [5, 5.41) is 6.62. The van der Waals surface area contributed by atoms with Crippen LogP contribution in [0.25, 0.3) is 0 Å². The second kappa shape index (κ2) is 9.72. The van der Waals surface area contributed by atoms with Crippen LogP contribution < -0.4 is 21.3 Å². The first kappa shape index (κ1) is 24.2. The maximum Gasteiger partial charge on any atom is 0.254 e. The van der Waals surface area contributed by atoms with E-state index in [1.807, 2.05) is 6.07 Å². The van der Waals surface area contributed by atoms with Crippen molar-refractivity contribution in [3.05, 3.63) is 57.6 Å². The van der Waals surface area contributed by atoms with E-state index in [-0.39, 0.29) is 24.3 Å². The van der Waals surface area contributed by atoms with Crippen LogP contribution in [0.3, 0.4) is 0 Å². The van der Waals surface area contributed by atoms with E-state index in [1.54, 1.807) is 42.2 Å². The molecule has 180 valence electrons. The Morgan fingerprint density at radius 1 is 1.00 bits per heavy atom. The first-order valence-corrected chi connectivity index (χ1v) is 11.9. The zero-order chi connectivity index (χ0) is 24.5. The number of piperazine rings is 1. The molecule has 0 unspecified atom stereocenters. The highest BCUT2D eigenvalue weighted by atomic mass is 35.5. The molecule has 10 heteroatoms. The fraction of sp³-hybridized carbons (Fsp3) is 0.375. The largest absolute Gasteiger partial charge is 0.398 e. The molecule has 34 heavy (non-hydrogen) atoms. The number of amides is 3. The van der Waals surface area contributed by atoms with Gasteiger partial charge in [0.1, 0.15) is 5.54 Å². The van der Waals surface area contributed by atoms with E-state index >= 15 is 0 Å². The summed E-state index contributed by atoms with van der Waals surface area (Å²) in [7, 11) is 0. The molecule has 1 aliphatic carbocycles. The summed E-state index contributed by atoms with van der Waals surface area (Å²) >= 11 is 12.0. The van der Waals surface area contributed by atoms with Crippen molar-refractivity contribution >= 4 is 52.3 Å². The summed E-state index contributed by atoms with van der Waals surface area (Å²) < 4.78 is 0. The molecule has 8 nitrogen and oxygen atoms in total. The Kier molecular flexibility index (Phi) is 6.91. The molecule has 2 fully saturated rings. The fourth-order valence-electron chi connectivity index (χ4n) is 4.04.